The lowest BCUT2D eigenvalue weighted by Gasteiger charge is -2.09. The van der Waals surface area contributed by atoms with Gasteiger partial charge in [0.1, 0.15) is 0 Å². The summed E-state index contributed by atoms with van der Waals surface area (Å²) in [4.78, 5) is 35.0. The minimum Gasteiger partial charge on any atom is -0.872 e. The molecule has 0 unspecified atom stereocenters. The molecule has 1 heterocycles. The summed E-state index contributed by atoms with van der Waals surface area (Å²) in [6, 6.07) is 9.74. The van der Waals surface area contributed by atoms with E-state index < -0.39 is 16.6 Å². The van der Waals surface area contributed by atoms with Crippen LogP contribution in [0.3, 0.4) is 0 Å². The molecule has 142 valence electrons. The summed E-state index contributed by atoms with van der Waals surface area (Å²) in [7, 11) is 0. The molecule has 10 nitrogen and oxygen atoms in total. The number of nitrogens with zero attached hydrogens (tertiary/aromatic N) is 4. The number of amides is 1. The van der Waals surface area contributed by atoms with Crippen molar-refractivity contribution in [2.24, 2.45) is 5.10 Å². The first kappa shape index (κ1) is 18.7. The van der Waals surface area contributed by atoms with Crippen LogP contribution >= 0.6 is 0 Å². The lowest BCUT2D eigenvalue weighted by molar-refractivity contribution is -0.385. The van der Waals surface area contributed by atoms with Crippen molar-refractivity contribution < 1.29 is 14.8 Å². The van der Waals surface area contributed by atoms with Crippen molar-refractivity contribution in [2.45, 2.75) is 13.5 Å². The summed E-state index contributed by atoms with van der Waals surface area (Å²) in [5.74, 6) is -1.17. The lowest BCUT2D eigenvalue weighted by atomic mass is 10.1. The molecule has 0 aliphatic rings. The van der Waals surface area contributed by atoms with E-state index in [0.717, 1.165) is 29.1 Å². The lowest BCUT2D eigenvalue weighted by Crippen LogP contribution is -2.28. The van der Waals surface area contributed by atoms with Crippen molar-refractivity contribution in [3.05, 3.63) is 74.2 Å². The molecule has 10 heteroatoms. The molecule has 0 spiro atoms. The van der Waals surface area contributed by atoms with Crippen molar-refractivity contribution in [2.75, 3.05) is 0 Å². The molecule has 0 bridgehead atoms. The number of aryl methyl sites for hydroxylation is 1. The summed E-state index contributed by atoms with van der Waals surface area (Å²) in [5, 5.41) is 31.0. The van der Waals surface area contributed by atoms with Crippen LogP contribution in [0.2, 0.25) is 0 Å². The molecule has 0 saturated carbocycles. The fourth-order valence-corrected chi connectivity index (χ4v) is 2.58. The van der Waals surface area contributed by atoms with Crippen molar-refractivity contribution in [1.82, 2.24) is 15.2 Å². The van der Waals surface area contributed by atoms with E-state index in [1.165, 1.54) is 0 Å². The number of carbonyl (C=O) groups is 1. The van der Waals surface area contributed by atoms with E-state index in [1.54, 1.807) is 31.2 Å². The zero-order valence-electron chi connectivity index (χ0n) is 14.7. The highest BCUT2D eigenvalue weighted by Gasteiger charge is 2.15. The molecule has 0 fully saturated rings. The maximum Gasteiger partial charge on any atom is 0.292 e. The molecular formula is C18H14N5O5-. The van der Waals surface area contributed by atoms with Crippen LogP contribution in [0.4, 0.5) is 5.69 Å². The van der Waals surface area contributed by atoms with Gasteiger partial charge in [-0.3, -0.25) is 19.7 Å². The van der Waals surface area contributed by atoms with E-state index in [9.17, 15) is 24.8 Å². The predicted octanol–water partition coefficient (Wildman–Crippen LogP) is 1.16. The Morgan fingerprint density at radius 3 is 2.68 bits per heavy atom. The number of rotatable bonds is 5. The molecule has 0 aliphatic carbocycles. The average Bonchev–Trinajstić information content (AvgIpc) is 2.69. The molecule has 2 aromatic carbocycles. The molecule has 1 N–H and O–H groups in total. The summed E-state index contributed by atoms with van der Waals surface area (Å²) < 4.78 is 1.16. The van der Waals surface area contributed by atoms with Crippen molar-refractivity contribution in [3.8, 4) is 5.75 Å². The van der Waals surface area contributed by atoms with Gasteiger partial charge in [0.2, 0.25) is 0 Å². The predicted molar refractivity (Wildman–Crippen MR) is 99.3 cm³/mol. The van der Waals surface area contributed by atoms with E-state index in [1.807, 2.05) is 0 Å². The van der Waals surface area contributed by atoms with Gasteiger partial charge in [-0.05, 0) is 18.6 Å². The van der Waals surface area contributed by atoms with Crippen LogP contribution in [-0.2, 0) is 6.54 Å². The number of nitrogens with one attached hydrogen (secondary N) is 1. The molecule has 0 radical (unpaired) electrons. The summed E-state index contributed by atoms with van der Waals surface area (Å²) in [5.41, 5.74) is 1.59. The van der Waals surface area contributed by atoms with Crippen molar-refractivity contribution >= 4 is 28.6 Å². The Bertz CT molecular complexity index is 1170. The van der Waals surface area contributed by atoms with Crippen LogP contribution < -0.4 is 16.1 Å². The van der Waals surface area contributed by atoms with E-state index in [4.69, 9.17) is 0 Å². The zero-order chi connectivity index (χ0) is 20.3. The number of hydrazone groups is 1. The van der Waals surface area contributed by atoms with Gasteiger partial charge in [-0.25, -0.2) is 10.1 Å². The second-order valence-corrected chi connectivity index (χ2v) is 5.69. The number of fused-ring (bicyclic) bond motifs is 1. The van der Waals surface area contributed by atoms with Gasteiger partial charge < -0.3 is 5.11 Å². The minimum absolute atomic E-state index is 0.00408. The van der Waals surface area contributed by atoms with Gasteiger partial charge in [-0.15, -0.1) is 0 Å². The Morgan fingerprint density at radius 2 is 2.00 bits per heavy atom. The third kappa shape index (κ3) is 3.56. The molecule has 28 heavy (non-hydrogen) atoms. The molecular weight excluding hydrogens is 366 g/mol. The smallest absolute Gasteiger partial charge is 0.292 e. The Labute approximate surface area is 157 Å². The molecule has 0 aliphatic heterocycles. The number of benzene rings is 2. The van der Waals surface area contributed by atoms with Crippen LogP contribution in [0.15, 0.2) is 52.4 Å². The number of aromatic nitrogens is 2. The maximum atomic E-state index is 12.5. The number of carbonyl (C=O) groups excluding carboxylic acids is 1. The molecule has 3 aromatic rings. The fraction of sp³-hybridized carbons (Fsp3) is 0.111. The summed E-state index contributed by atoms with van der Waals surface area (Å²) in [6.45, 7) is 2.00. The molecule has 0 saturated heterocycles. The molecule has 0 atom stereocenters. The van der Waals surface area contributed by atoms with Crippen molar-refractivity contribution in [3.63, 3.8) is 0 Å². The first-order valence-electron chi connectivity index (χ1n) is 8.21. The Kier molecular flexibility index (Phi) is 5.12. The highest BCUT2D eigenvalue weighted by Crippen LogP contribution is 2.19. The quantitative estimate of drug-likeness (QED) is 0.400. The first-order chi connectivity index (χ1) is 13.4. The van der Waals surface area contributed by atoms with Crippen LogP contribution in [0.25, 0.3) is 10.8 Å². The van der Waals surface area contributed by atoms with Gasteiger partial charge in [0.25, 0.3) is 17.2 Å². The Morgan fingerprint density at radius 1 is 1.29 bits per heavy atom. The standard InChI is InChI=1S/C18H15N5O5/c1-2-22-18(26)14-6-4-3-5-13(14)16(21-22)17(25)20-19-10-11-9-12(23(27)28)7-8-15(11)24/h3-10,24H,2H2,1H3,(H,20,25)/p-1/b19-10-. The van der Waals surface area contributed by atoms with Gasteiger partial charge >= 0.3 is 0 Å². The fourth-order valence-electron chi connectivity index (χ4n) is 2.58. The van der Waals surface area contributed by atoms with Gasteiger partial charge in [0.15, 0.2) is 5.69 Å². The SMILES string of the molecule is CCn1nc(C(=O)N/N=C\c2cc([N+](=O)[O-])ccc2[O-])c2ccccc2c1=O. The summed E-state index contributed by atoms with van der Waals surface area (Å²) >= 11 is 0. The van der Waals surface area contributed by atoms with Crippen LogP contribution in [-0.4, -0.2) is 26.8 Å². The first-order valence-corrected chi connectivity index (χ1v) is 8.21. The second-order valence-electron chi connectivity index (χ2n) is 5.69. The molecule has 1 aromatic heterocycles. The number of nitro groups is 1. The minimum atomic E-state index is -0.687. The monoisotopic (exact) mass is 380 g/mol. The Balaban J connectivity index is 1.91. The third-order valence-electron chi connectivity index (χ3n) is 3.96. The number of hydrogen-bond donors (Lipinski definition) is 1. The topological polar surface area (TPSA) is 143 Å². The summed E-state index contributed by atoms with van der Waals surface area (Å²) in [6.07, 6.45) is 1.02. The van der Waals surface area contributed by atoms with E-state index in [2.05, 4.69) is 15.6 Å². The second kappa shape index (κ2) is 7.66. The molecule has 3 rings (SSSR count). The normalized spacial score (nSPS) is 11.0. The number of non-ortho nitro benzene ring substituents is 1. The van der Waals surface area contributed by atoms with Crippen molar-refractivity contribution in [1.29, 1.82) is 0 Å². The van der Waals surface area contributed by atoms with Gasteiger partial charge in [0.05, 0.1) is 16.5 Å². The number of nitro benzene ring substituents is 1. The van der Waals surface area contributed by atoms with Gasteiger partial charge in [-0.1, -0.05) is 30.0 Å². The average molecular weight is 380 g/mol. The zero-order valence-corrected chi connectivity index (χ0v) is 14.7. The molecule has 1 amide bonds. The van der Waals surface area contributed by atoms with Crippen LogP contribution in [0.5, 0.6) is 5.75 Å². The van der Waals surface area contributed by atoms with Crippen LogP contribution in [0.1, 0.15) is 23.0 Å². The highest BCUT2D eigenvalue weighted by molar-refractivity contribution is 6.05. The largest absolute Gasteiger partial charge is 0.872 e. The highest BCUT2D eigenvalue weighted by atomic mass is 16.6. The number of hydrogen-bond acceptors (Lipinski definition) is 7. The van der Waals surface area contributed by atoms with E-state index in [-0.39, 0.29) is 29.0 Å². The van der Waals surface area contributed by atoms with Gasteiger partial charge in [-0.2, -0.15) is 10.2 Å². The van der Waals surface area contributed by atoms with E-state index in [0.29, 0.717) is 10.8 Å². The maximum absolute atomic E-state index is 12.5. The van der Waals surface area contributed by atoms with Crippen LogP contribution in [0, 0.1) is 10.1 Å². The third-order valence-corrected chi connectivity index (χ3v) is 3.96. The van der Waals surface area contributed by atoms with Gasteiger partial charge in [0, 0.05) is 24.1 Å². The Hall–Kier alpha value is -4.08. The van der Waals surface area contributed by atoms with E-state index >= 15 is 0 Å².